The Balaban J connectivity index is 2.00. The van der Waals surface area contributed by atoms with Crippen LogP contribution in [-0.4, -0.2) is 47.8 Å². The molecule has 2 unspecified atom stereocenters. The Bertz CT molecular complexity index is 835. The standard InChI is InChI=1S/C17H21F2N5S/c1-9-4-12(18)16-11(15(9)17(20)22-8-21-3)5-14(23-16)25-24-6-10(2)13(19)7-24/h4-5,8,10,13,23H,6-7H2,1-3H3,(H2,20,21,22). The third kappa shape index (κ3) is 3.55. The lowest BCUT2D eigenvalue weighted by Gasteiger charge is -2.11. The molecule has 0 aliphatic carbocycles. The van der Waals surface area contributed by atoms with E-state index in [-0.39, 0.29) is 17.6 Å². The molecule has 1 aromatic heterocycles. The van der Waals surface area contributed by atoms with Gasteiger partial charge >= 0.3 is 0 Å². The summed E-state index contributed by atoms with van der Waals surface area (Å²) in [6.45, 7) is 4.71. The third-order valence-electron chi connectivity index (χ3n) is 4.32. The number of hydrogen-bond acceptors (Lipinski definition) is 3. The number of hydrogen-bond donors (Lipinski definition) is 2. The van der Waals surface area contributed by atoms with Gasteiger partial charge < -0.3 is 10.7 Å². The summed E-state index contributed by atoms with van der Waals surface area (Å²) < 4.78 is 30.0. The fraction of sp³-hybridized carbons (Fsp3) is 0.412. The van der Waals surface area contributed by atoms with Gasteiger partial charge in [0.2, 0.25) is 0 Å². The monoisotopic (exact) mass is 365 g/mol. The molecule has 8 heteroatoms. The lowest BCUT2D eigenvalue weighted by atomic mass is 10.0. The van der Waals surface area contributed by atoms with Crippen LogP contribution in [0.3, 0.4) is 0 Å². The van der Waals surface area contributed by atoms with E-state index in [1.807, 2.05) is 17.3 Å². The average Bonchev–Trinajstić information content (AvgIpc) is 3.09. The van der Waals surface area contributed by atoms with Crippen molar-refractivity contribution >= 4 is 35.0 Å². The maximum absolute atomic E-state index is 14.4. The van der Waals surface area contributed by atoms with Gasteiger partial charge in [0.15, 0.2) is 0 Å². The van der Waals surface area contributed by atoms with Crippen LogP contribution in [0.2, 0.25) is 0 Å². The fourth-order valence-electron chi connectivity index (χ4n) is 3.03. The molecule has 1 saturated heterocycles. The Morgan fingerprint density at radius 3 is 2.84 bits per heavy atom. The van der Waals surface area contributed by atoms with Gasteiger partial charge in [-0.1, -0.05) is 6.92 Å². The normalized spacial score (nSPS) is 22.5. The number of fused-ring (bicyclic) bond motifs is 1. The number of alkyl halides is 1. The van der Waals surface area contributed by atoms with Gasteiger partial charge in [-0.05, 0) is 36.6 Å². The molecule has 1 aliphatic heterocycles. The van der Waals surface area contributed by atoms with E-state index in [2.05, 4.69) is 15.0 Å². The van der Waals surface area contributed by atoms with Crippen LogP contribution in [0.15, 0.2) is 27.1 Å². The molecule has 0 spiro atoms. The van der Waals surface area contributed by atoms with Crippen molar-refractivity contribution in [3.05, 3.63) is 29.1 Å². The van der Waals surface area contributed by atoms with E-state index < -0.39 is 6.17 Å². The van der Waals surface area contributed by atoms with Crippen LogP contribution in [0.4, 0.5) is 8.78 Å². The van der Waals surface area contributed by atoms with E-state index in [1.165, 1.54) is 24.4 Å². The zero-order chi connectivity index (χ0) is 18.1. The minimum Gasteiger partial charge on any atom is -0.383 e. The first-order valence-electron chi connectivity index (χ1n) is 8.03. The topological polar surface area (TPSA) is 69.8 Å². The number of aryl methyl sites for hydroxylation is 1. The van der Waals surface area contributed by atoms with E-state index in [0.717, 1.165) is 5.03 Å². The molecule has 0 saturated carbocycles. The minimum absolute atomic E-state index is 0.00234. The van der Waals surface area contributed by atoms with Gasteiger partial charge in [0.1, 0.15) is 24.2 Å². The van der Waals surface area contributed by atoms with Crippen molar-refractivity contribution < 1.29 is 8.78 Å². The third-order valence-corrected chi connectivity index (χ3v) is 5.29. The van der Waals surface area contributed by atoms with Gasteiger partial charge in [0.25, 0.3) is 0 Å². The molecule has 2 aromatic rings. The SMILES string of the molecule is CN=CN=C(N)c1c(C)cc(F)c2[nH]c(SN3CC(C)C(F)C3)cc12. The summed E-state index contributed by atoms with van der Waals surface area (Å²) in [5.41, 5.74) is 7.81. The van der Waals surface area contributed by atoms with Crippen molar-refractivity contribution in [3.8, 4) is 0 Å². The maximum Gasteiger partial charge on any atom is 0.147 e. The summed E-state index contributed by atoms with van der Waals surface area (Å²) in [7, 11) is 1.60. The average molecular weight is 365 g/mol. The van der Waals surface area contributed by atoms with Crippen LogP contribution in [-0.2, 0) is 0 Å². The van der Waals surface area contributed by atoms with E-state index in [9.17, 15) is 8.78 Å². The van der Waals surface area contributed by atoms with Crippen LogP contribution in [0.25, 0.3) is 10.9 Å². The van der Waals surface area contributed by atoms with Crippen LogP contribution in [0.1, 0.15) is 18.1 Å². The highest BCUT2D eigenvalue weighted by atomic mass is 32.2. The first-order valence-corrected chi connectivity index (χ1v) is 8.81. The predicted octanol–water partition coefficient (Wildman–Crippen LogP) is 3.28. The number of amidine groups is 1. The highest BCUT2D eigenvalue weighted by Crippen LogP contribution is 2.34. The number of aliphatic imine (C=N–C) groups is 2. The molecule has 2 heterocycles. The van der Waals surface area contributed by atoms with E-state index in [4.69, 9.17) is 5.73 Å². The largest absolute Gasteiger partial charge is 0.383 e. The molecular weight excluding hydrogens is 344 g/mol. The molecule has 2 atom stereocenters. The van der Waals surface area contributed by atoms with Gasteiger partial charge in [-0.3, -0.25) is 4.99 Å². The van der Waals surface area contributed by atoms with Crippen molar-refractivity contribution in [2.75, 3.05) is 20.1 Å². The van der Waals surface area contributed by atoms with Gasteiger partial charge in [0.05, 0.1) is 10.5 Å². The molecule has 5 nitrogen and oxygen atoms in total. The summed E-state index contributed by atoms with van der Waals surface area (Å²) in [5, 5.41) is 1.41. The second-order valence-corrected chi connectivity index (χ2v) is 7.43. The number of nitrogens with one attached hydrogen (secondary N) is 1. The van der Waals surface area contributed by atoms with Crippen molar-refractivity contribution in [1.29, 1.82) is 0 Å². The first kappa shape index (κ1) is 17.9. The summed E-state index contributed by atoms with van der Waals surface area (Å²) in [4.78, 5) is 11.0. The molecule has 0 bridgehead atoms. The zero-order valence-corrected chi connectivity index (χ0v) is 15.2. The lowest BCUT2D eigenvalue weighted by Crippen LogP contribution is -2.15. The van der Waals surface area contributed by atoms with Crippen molar-refractivity contribution in [2.45, 2.75) is 25.0 Å². The molecule has 3 N–H and O–H groups in total. The number of benzene rings is 1. The van der Waals surface area contributed by atoms with Crippen molar-refractivity contribution in [2.24, 2.45) is 21.6 Å². The Morgan fingerprint density at radius 2 is 2.20 bits per heavy atom. The smallest absolute Gasteiger partial charge is 0.147 e. The fourth-order valence-corrected chi connectivity index (χ4v) is 4.16. The zero-order valence-electron chi connectivity index (χ0n) is 14.4. The van der Waals surface area contributed by atoms with Crippen LogP contribution < -0.4 is 5.73 Å². The number of H-pyrrole nitrogens is 1. The number of aromatic amines is 1. The van der Waals surface area contributed by atoms with Crippen molar-refractivity contribution in [1.82, 2.24) is 9.29 Å². The quantitative estimate of drug-likeness (QED) is 0.496. The number of nitrogens with two attached hydrogens (primary N) is 1. The maximum atomic E-state index is 14.4. The molecule has 134 valence electrons. The molecule has 25 heavy (non-hydrogen) atoms. The number of nitrogens with zero attached hydrogens (tertiary/aromatic N) is 3. The Morgan fingerprint density at radius 1 is 1.44 bits per heavy atom. The molecular formula is C17H21F2N5S. The predicted molar refractivity (Wildman–Crippen MR) is 99.6 cm³/mol. The van der Waals surface area contributed by atoms with E-state index in [0.29, 0.717) is 35.1 Å². The Kier molecular flexibility index (Phi) is 5.10. The molecule has 1 fully saturated rings. The van der Waals surface area contributed by atoms with E-state index >= 15 is 0 Å². The number of halogens is 2. The summed E-state index contributed by atoms with van der Waals surface area (Å²) in [6, 6.07) is 3.27. The highest BCUT2D eigenvalue weighted by Gasteiger charge is 2.30. The summed E-state index contributed by atoms with van der Waals surface area (Å²) in [5.74, 6) is -0.0667. The molecule has 0 radical (unpaired) electrons. The first-order chi connectivity index (χ1) is 11.9. The van der Waals surface area contributed by atoms with Gasteiger partial charge in [-0.25, -0.2) is 18.1 Å². The summed E-state index contributed by atoms with van der Waals surface area (Å²) in [6.07, 6.45) is 0.529. The van der Waals surface area contributed by atoms with Gasteiger partial charge in [-0.15, -0.1) is 0 Å². The molecule has 1 aromatic carbocycles. The minimum atomic E-state index is -0.831. The molecule has 3 rings (SSSR count). The van der Waals surface area contributed by atoms with Gasteiger partial charge in [0, 0.05) is 37.0 Å². The van der Waals surface area contributed by atoms with Crippen LogP contribution in [0, 0.1) is 18.7 Å². The van der Waals surface area contributed by atoms with Crippen LogP contribution >= 0.6 is 11.9 Å². The van der Waals surface area contributed by atoms with Gasteiger partial charge in [-0.2, -0.15) is 0 Å². The Hall–Kier alpha value is -1.93. The Labute approximate surface area is 149 Å². The molecule has 1 aliphatic rings. The summed E-state index contributed by atoms with van der Waals surface area (Å²) >= 11 is 1.40. The number of aromatic nitrogens is 1. The van der Waals surface area contributed by atoms with E-state index in [1.54, 1.807) is 14.0 Å². The van der Waals surface area contributed by atoms with Crippen molar-refractivity contribution in [3.63, 3.8) is 0 Å². The van der Waals surface area contributed by atoms with Crippen LogP contribution in [0.5, 0.6) is 0 Å². The lowest BCUT2D eigenvalue weighted by molar-refractivity contribution is 0.296. The second kappa shape index (κ2) is 7.13. The highest BCUT2D eigenvalue weighted by molar-refractivity contribution is 7.97. The second-order valence-electron chi connectivity index (χ2n) is 6.29. The molecule has 0 amide bonds. The number of rotatable bonds is 4.